The zero-order valence-corrected chi connectivity index (χ0v) is 22.3. The number of carbonyl (C=O) groups excluding carboxylic acids is 2. The predicted molar refractivity (Wildman–Crippen MR) is 135 cm³/mol. The highest BCUT2D eigenvalue weighted by molar-refractivity contribution is 5.93. The highest BCUT2D eigenvalue weighted by Gasteiger charge is 2.44. The standard InChI is InChI=1S/C27H36N2O7/c1-26(2,3)35-24(30)28-20-16-22(34-17-18-12-10-9-11-13-18)21(32-7)14-19(20)15-23(33-8)29(28)25(31)36-27(4,5)6/h9-14,16,23H,15,17H2,1-8H3/t23-/m1/s1. The third kappa shape index (κ3) is 6.60. The molecule has 1 atom stereocenters. The van der Waals surface area contributed by atoms with Crippen molar-refractivity contribution in [3.05, 3.63) is 53.6 Å². The van der Waals surface area contributed by atoms with Gasteiger partial charge in [0, 0.05) is 19.6 Å². The molecule has 2 amide bonds. The number of hydrogen-bond acceptors (Lipinski definition) is 7. The number of hydrazine groups is 1. The number of amides is 2. The van der Waals surface area contributed by atoms with E-state index in [4.69, 9.17) is 23.7 Å². The van der Waals surface area contributed by atoms with E-state index in [2.05, 4.69) is 0 Å². The van der Waals surface area contributed by atoms with Gasteiger partial charge in [0.05, 0.1) is 12.8 Å². The van der Waals surface area contributed by atoms with Crippen molar-refractivity contribution in [1.82, 2.24) is 5.01 Å². The minimum absolute atomic E-state index is 0.291. The van der Waals surface area contributed by atoms with Crippen LogP contribution in [0, 0.1) is 0 Å². The van der Waals surface area contributed by atoms with Crippen molar-refractivity contribution in [3.8, 4) is 11.5 Å². The molecule has 0 aliphatic carbocycles. The van der Waals surface area contributed by atoms with Crippen molar-refractivity contribution in [3.63, 3.8) is 0 Å². The van der Waals surface area contributed by atoms with E-state index in [0.29, 0.717) is 30.2 Å². The number of nitrogens with zero attached hydrogens (tertiary/aromatic N) is 2. The molecule has 0 radical (unpaired) electrons. The van der Waals surface area contributed by atoms with Crippen LogP contribution in [0.1, 0.15) is 52.7 Å². The van der Waals surface area contributed by atoms with Crippen LogP contribution in [-0.4, -0.2) is 48.8 Å². The second kappa shape index (κ2) is 10.7. The topological polar surface area (TPSA) is 86.8 Å². The summed E-state index contributed by atoms with van der Waals surface area (Å²) in [6.45, 7) is 10.8. The first-order chi connectivity index (χ1) is 16.8. The molecular formula is C27H36N2O7. The number of ether oxygens (including phenoxy) is 5. The van der Waals surface area contributed by atoms with Crippen molar-refractivity contribution < 1.29 is 33.3 Å². The van der Waals surface area contributed by atoms with Crippen molar-refractivity contribution in [1.29, 1.82) is 0 Å². The second-order valence-corrected chi connectivity index (χ2v) is 10.4. The van der Waals surface area contributed by atoms with Crippen LogP contribution in [0.15, 0.2) is 42.5 Å². The second-order valence-electron chi connectivity index (χ2n) is 10.4. The summed E-state index contributed by atoms with van der Waals surface area (Å²) in [6.07, 6.45) is -2.02. The third-order valence-electron chi connectivity index (χ3n) is 5.13. The molecule has 0 spiro atoms. The van der Waals surface area contributed by atoms with E-state index in [9.17, 15) is 9.59 Å². The van der Waals surface area contributed by atoms with Gasteiger partial charge in [0.25, 0.3) is 0 Å². The van der Waals surface area contributed by atoms with Crippen molar-refractivity contribution in [2.45, 2.75) is 72.0 Å². The van der Waals surface area contributed by atoms with Gasteiger partial charge in [-0.15, -0.1) is 0 Å². The Labute approximate surface area is 212 Å². The monoisotopic (exact) mass is 500 g/mol. The Kier molecular flexibility index (Phi) is 8.03. The summed E-state index contributed by atoms with van der Waals surface area (Å²) in [7, 11) is 3.02. The molecule has 0 saturated heterocycles. The van der Waals surface area contributed by atoms with Crippen molar-refractivity contribution in [2.75, 3.05) is 19.2 Å². The molecular weight excluding hydrogens is 464 g/mol. The van der Waals surface area contributed by atoms with Crippen LogP contribution in [0.25, 0.3) is 0 Å². The van der Waals surface area contributed by atoms with Gasteiger partial charge in [0.2, 0.25) is 0 Å². The number of fused-ring (bicyclic) bond motifs is 1. The summed E-state index contributed by atoms with van der Waals surface area (Å²) in [5.74, 6) is 0.906. The number of hydrogen-bond donors (Lipinski definition) is 0. The number of carbonyl (C=O) groups is 2. The number of methoxy groups -OCH3 is 2. The van der Waals surface area contributed by atoms with Crippen LogP contribution in [-0.2, 0) is 27.2 Å². The zero-order chi connectivity index (χ0) is 26.7. The fourth-order valence-electron chi connectivity index (χ4n) is 3.66. The lowest BCUT2D eigenvalue weighted by molar-refractivity contribution is -0.0607. The molecule has 2 aromatic rings. The Hall–Kier alpha value is -3.46. The lowest BCUT2D eigenvalue weighted by Crippen LogP contribution is -2.60. The Balaban J connectivity index is 2.09. The first kappa shape index (κ1) is 27.1. The molecule has 2 aromatic carbocycles. The molecule has 196 valence electrons. The fourth-order valence-corrected chi connectivity index (χ4v) is 3.66. The summed E-state index contributed by atoms with van der Waals surface area (Å²) in [4.78, 5) is 26.8. The smallest absolute Gasteiger partial charge is 0.434 e. The summed E-state index contributed by atoms with van der Waals surface area (Å²) in [5.41, 5.74) is 0.495. The van der Waals surface area contributed by atoms with Crippen molar-refractivity contribution in [2.24, 2.45) is 0 Å². The van der Waals surface area contributed by atoms with Crippen LogP contribution in [0.2, 0.25) is 0 Å². The van der Waals surface area contributed by atoms with Gasteiger partial charge in [0.15, 0.2) is 17.7 Å². The van der Waals surface area contributed by atoms with E-state index in [1.54, 1.807) is 60.8 Å². The largest absolute Gasteiger partial charge is 0.493 e. The molecule has 0 fully saturated rings. The first-order valence-electron chi connectivity index (χ1n) is 11.8. The molecule has 0 saturated carbocycles. The molecule has 36 heavy (non-hydrogen) atoms. The average molecular weight is 501 g/mol. The SMILES string of the molecule is COc1cc2c(cc1OCc1ccccc1)N(C(=O)OC(C)(C)C)N(C(=O)OC(C)(C)C)[C@H](OC)C2. The van der Waals surface area contributed by atoms with E-state index in [-0.39, 0.29) is 0 Å². The molecule has 0 aromatic heterocycles. The van der Waals surface area contributed by atoms with Gasteiger partial charge in [-0.1, -0.05) is 30.3 Å². The predicted octanol–water partition coefficient (Wildman–Crippen LogP) is 5.70. The van der Waals surface area contributed by atoms with Crippen LogP contribution >= 0.6 is 0 Å². The van der Waals surface area contributed by atoms with Gasteiger partial charge in [-0.25, -0.2) is 9.59 Å². The number of anilines is 1. The summed E-state index contributed by atoms with van der Waals surface area (Å²) >= 11 is 0. The van der Waals surface area contributed by atoms with Gasteiger partial charge in [0.1, 0.15) is 17.8 Å². The van der Waals surface area contributed by atoms with Gasteiger partial charge in [-0.3, -0.25) is 0 Å². The summed E-state index contributed by atoms with van der Waals surface area (Å²) in [5, 5.41) is 2.30. The minimum atomic E-state index is -0.819. The molecule has 1 aliphatic rings. The van der Waals surface area contributed by atoms with Crippen LogP contribution in [0.3, 0.4) is 0 Å². The van der Waals surface area contributed by atoms with E-state index in [1.165, 1.54) is 7.11 Å². The summed E-state index contributed by atoms with van der Waals surface area (Å²) < 4.78 is 28.6. The lowest BCUT2D eigenvalue weighted by Gasteiger charge is -2.43. The average Bonchev–Trinajstić information content (AvgIpc) is 2.79. The Morgan fingerprint density at radius 2 is 1.50 bits per heavy atom. The Bertz CT molecular complexity index is 1070. The van der Waals surface area contributed by atoms with E-state index < -0.39 is 29.6 Å². The molecule has 9 heteroatoms. The lowest BCUT2D eigenvalue weighted by atomic mass is 10.0. The minimum Gasteiger partial charge on any atom is -0.493 e. The van der Waals surface area contributed by atoms with Crippen LogP contribution < -0.4 is 14.5 Å². The normalized spacial score (nSPS) is 15.7. The first-order valence-corrected chi connectivity index (χ1v) is 11.8. The Morgan fingerprint density at radius 1 is 0.889 bits per heavy atom. The highest BCUT2D eigenvalue weighted by Crippen LogP contribution is 2.41. The number of rotatable bonds is 5. The van der Waals surface area contributed by atoms with Crippen molar-refractivity contribution >= 4 is 17.9 Å². The van der Waals surface area contributed by atoms with Crippen LogP contribution in [0.5, 0.6) is 11.5 Å². The fraction of sp³-hybridized carbons (Fsp3) is 0.481. The van der Waals surface area contributed by atoms with E-state index in [1.807, 2.05) is 30.3 Å². The van der Waals surface area contributed by atoms with Gasteiger partial charge in [-0.05, 0) is 58.7 Å². The highest BCUT2D eigenvalue weighted by atomic mass is 16.6. The maximum absolute atomic E-state index is 13.5. The maximum atomic E-state index is 13.5. The van der Waals surface area contributed by atoms with Gasteiger partial charge >= 0.3 is 12.2 Å². The molecule has 9 nitrogen and oxygen atoms in total. The Morgan fingerprint density at radius 3 is 2.06 bits per heavy atom. The molecule has 0 unspecified atom stereocenters. The van der Waals surface area contributed by atoms with Gasteiger partial charge in [-0.2, -0.15) is 10.0 Å². The van der Waals surface area contributed by atoms with E-state index >= 15 is 0 Å². The molecule has 3 rings (SSSR count). The maximum Gasteiger partial charge on any atom is 0.434 e. The number of benzene rings is 2. The summed E-state index contributed by atoms with van der Waals surface area (Å²) in [6, 6.07) is 13.1. The molecule has 0 N–H and O–H groups in total. The van der Waals surface area contributed by atoms with Gasteiger partial charge < -0.3 is 23.7 Å². The quantitative estimate of drug-likeness (QED) is 0.521. The van der Waals surface area contributed by atoms with Crippen LogP contribution in [0.4, 0.5) is 15.3 Å². The molecule has 1 heterocycles. The third-order valence-corrected chi connectivity index (χ3v) is 5.13. The van der Waals surface area contributed by atoms with E-state index in [0.717, 1.165) is 21.1 Å². The molecule has 0 bridgehead atoms. The molecule has 1 aliphatic heterocycles. The zero-order valence-electron chi connectivity index (χ0n) is 22.3.